The summed E-state index contributed by atoms with van der Waals surface area (Å²) >= 11 is 3.55. The molecule has 2 aromatic rings. The highest BCUT2D eigenvalue weighted by atomic mass is 127. The van der Waals surface area contributed by atoms with Gasteiger partial charge in [-0.05, 0) is 69.9 Å². The third-order valence-electron chi connectivity index (χ3n) is 2.90. The normalized spacial score (nSPS) is 11.1. The molecule has 0 saturated heterocycles. The molecule has 1 heterocycles. The molecule has 0 radical (unpaired) electrons. The molecule has 0 fully saturated rings. The number of hydrogen-bond acceptors (Lipinski definition) is 6. The number of halogens is 1. The van der Waals surface area contributed by atoms with E-state index in [2.05, 4.69) is 32.5 Å². The lowest BCUT2D eigenvalue weighted by molar-refractivity contribution is -0.127. The van der Waals surface area contributed by atoms with Crippen molar-refractivity contribution >= 4 is 46.3 Å². The summed E-state index contributed by atoms with van der Waals surface area (Å²) in [5, 5.41) is 0. The van der Waals surface area contributed by atoms with E-state index >= 15 is 0 Å². The van der Waals surface area contributed by atoms with Gasteiger partial charge in [-0.15, -0.1) is 0 Å². The Hall–Kier alpha value is -0.930. The van der Waals surface area contributed by atoms with Gasteiger partial charge in [-0.1, -0.05) is 6.07 Å². The van der Waals surface area contributed by atoms with E-state index in [-0.39, 0.29) is 18.9 Å². The zero-order chi connectivity index (χ0) is 17.2. The Morgan fingerprint density at radius 2 is 2.17 bits per heavy atom. The Morgan fingerprint density at radius 3 is 2.79 bits per heavy atom. The maximum Gasteiger partial charge on any atom is 0.258 e. The summed E-state index contributed by atoms with van der Waals surface area (Å²) in [6, 6.07) is 11.6. The molecule has 128 valence electrons. The highest BCUT2D eigenvalue weighted by molar-refractivity contribution is 14.2. The Kier molecular flexibility index (Phi) is 8.76. The first-order chi connectivity index (χ1) is 11.7. The van der Waals surface area contributed by atoms with E-state index < -0.39 is 0 Å². The molecular weight excluding hydrogens is 460 g/mol. The molecule has 1 N–H and O–H groups in total. The minimum Gasteiger partial charge on any atom is -0.497 e. The smallest absolute Gasteiger partial charge is 0.258 e. The standard InChI is InChI=1S/C15H17IN3O3PS/c1-21-13-4-6-14(7-5-13)24-19(11-15(20)18-22-23-16)10-12-3-2-8-17-9-12/h2-9,23H,10-11H2,1H3,(H,18,20). The number of hydroxylamine groups is 1. The molecule has 1 aromatic carbocycles. The van der Waals surface area contributed by atoms with E-state index in [1.807, 2.05) is 40.7 Å². The summed E-state index contributed by atoms with van der Waals surface area (Å²) in [5.74, 6) is 0.608. The van der Waals surface area contributed by atoms with Crippen LogP contribution in [-0.2, 0) is 16.0 Å². The van der Waals surface area contributed by atoms with Gasteiger partial charge >= 0.3 is 0 Å². The first-order valence-corrected chi connectivity index (χ1v) is 11.8. The molecule has 0 saturated carbocycles. The molecule has 24 heavy (non-hydrogen) atoms. The summed E-state index contributed by atoms with van der Waals surface area (Å²) < 4.78 is 12.1. The summed E-state index contributed by atoms with van der Waals surface area (Å²) in [7, 11) is 1.63. The first-order valence-electron chi connectivity index (χ1n) is 6.97. The molecule has 0 bridgehead atoms. The van der Waals surface area contributed by atoms with Crippen LogP contribution in [0.3, 0.4) is 0 Å². The predicted molar refractivity (Wildman–Crippen MR) is 105 cm³/mol. The minimum absolute atomic E-state index is 0.181. The molecule has 1 amide bonds. The average molecular weight is 477 g/mol. The van der Waals surface area contributed by atoms with Crippen molar-refractivity contribution in [2.24, 2.45) is 0 Å². The van der Waals surface area contributed by atoms with Crippen molar-refractivity contribution in [2.45, 2.75) is 11.4 Å². The summed E-state index contributed by atoms with van der Waals surface area (Å²) in [5.41, 5.74) is 3.46. The van der Waals surface area contributed by atoms with Crippen LogP contribution in [0.1, 0.15) is 5.56 Å². The van der Waals surface area contributed by atoms with Gasteiger partial charge in [0, 0.05) is 23.8 Å². The lowest BCUT2D eigenvalue weighted by Gasteiger charge is -2.20. The number of carbonyl (C=O) groups excluding carboxylic acids is 1. The number of rotatable bonds is 9. The fraction of sp³-hybridized carbons (Fsp3) is 0.200. The van der Waals surface area contributed by atoms with E-state index in [1.54, 1.807) is 19.5 Å². The van der Waals surface area contributed by atoms with Crippen LogP contribution >= 0.6 is 40.4 Å². The van der Waals surface area contributed by atoms with Gasteiger partial charge in [0.05, 0.1) is 13.7 Å². The Bertz CT molecular complexity index is 634. The van der Waals surface area contributed by atoms with Crippen LogP contribution in [-0.4, -0.2) is 28.9 Å². The molecule has 1 aromatic heterocycles. The van der Waals surface area contributed by atoms with Crippen molar-refractivity contribution < 1.29 is 14.2 Å². The van der Waals surface area contributed by atoms with Gasteiger partial charge in [0.25, 0.3) is 5.91 Å². The van der Waals surface area contributed by atoms with E-state index in [4.69, 9.17) is 9.36 Å². The van der Waals surface area contributed by atoms with Crippen LogP contribution < -0.4 is 10.2 Å². The van der Waals surface area contributed by atoms with E-state index in [9.17, 15) is 4.79 Å². The van der Waals surface area contributed by atoms with Gasteiger partial charge in [0.2, 0.25) is 0 Å². The topological polar surface area (TPSA) is 63.7 Å². The molecule has 2 rings (SSSR count). The zero-order valence-electron chi connectivity index (χ0n) is 12.9. The SMILES string of the molecule is COc1ccc(SN(CC(=O)NOPI)Cc2cccnc2)cc1. The molecule has 1 atom stereocenters. The molecule has 0 aliphatic heterocycles. The van der Waals surface area contributed by atoms with Crippen molar-refractivity contribution in [3.8, 4) is 5.75 Å². The number of carbonyl (C=O) groups is 1. The second-order valence-electron chi connectivity index (χ2n) is 4.63. The molecule has 6 nitrogen and oxygen atoms in total. The summed E-state index contributed by atoms with van der Waals surface area (Å²) in [6.45, 7) is 0.970. The number of hydrogen-bond donors (Lipinski definition) is 1. The van der Waals surface area contributed by atoms with E-state index in [0.717, 1.165) is 16.2 Å². The molecule has 9 heteroatoms. The second-order valence-corrected chi connectivity index (χ2v) is 7.48. The monoisotopic (exact) mass is 477 g/mol. The van der Waals surface area contributed by atoms with Crippen molar-refractivity contribution in [3.05, 3.63) is 54.4 Å². The van der Waals surface area contributed by atoms with Crippen LogP contribution in [0.25, 0.3) is 0 Å². The van der Waals surface area contributed by atoms with Crippen LogP contribution in [0.5, 0.6) is 5.75 Å². The number of ether oxygens (including phenoxy) is 1. The molecule has 0 aliphatic rings. The van der Waals surface area contributed by atoms with Gasteiger partial charge in [0.1, 0.15) is 12.2 Å². The van der Waals surface area contributed by atoms with Crippen molar-refractivity contribution in [1.29, 1.82) is 0 Å². The Labute approximate surface area is 160 Å². The maximum atomic E-state index is 12.0. The fourth-order valence-corrected chi connectivity index (χ4v) is 3.30. The third-order valence-corrected chi connectivity index (χ3v) is 4.74. The van der Waals surface area contributed by atoms with E-state index in [1.165, 1.54) is 11.9 Å². The zero-order valence-corrected chi connectivity index (χ0v) is 16.9. The number of aromatic nitrogens is 1. The molecule has 0 spiro atoms. The second kappa shape index (κ2) is 10.8. The van der Waals surface area contributed by atoms with Crippen LogP contribution in [0, 0.1) is 0 Å². The maximum absolute atomic E-state index is 12.0. The number of methoxy groups -OCH3 is 1. The van der Waals surface area contributed by atoms with Crippen LogP contribution in [0.2, 0.25) is 0 Å². The number of benzene rings is 1. The van der Waals surface area contributed by atoms with Gasteiger partial charge in [-0.2, -0.15) is 0 Å². The van der Waals surface area contributed by atoms with Gasteiger partial charge < -0.3 is 4.74 Å². The largest absolute Gasteiger partial charge is 0.497 e. The number of nitrogens with one attached hydrogen (secondary N) is 1. The summed E-state index contributed by atoms with van der Waals surface area (Å²) in [4.78, 5) is 17.1. The van der Waals surface area contributed by atoms with Crippen LogP contribution in [0.4, 0.5) is 0 Å². The number of amides is 1. The number of pyridine rings is 1. The predicted octanol–water partition coefficient (Wildman–Crippen LogP) is 3.59. The van der Waals surface area contributed by atoms with Gasteiger partial charge in [0.15, 0.2) is 0 Å². The molecule has 0 aliphatic carbocycles. The molecule has 1 unspecified atom stereocenters. The van der Waals surface area contributed by atoms with Crippen molar-refractivity contribution in [3.63, 3.8) is 0 Å². The Balaban J connectivity index is 2.04. The van der Waals surface area contributed by atoms with E-state index in [0.29, 0.717) is 6.54 Å². The average Bonchev–Trinajstić information content (AvgIpc) is 2.61. The highest BCUT2D eigenvalue weighted by Gasteiger charge is 2.13. The number of nitrogens with zero attached hydrogens (tertiary/aromatic N) is 2. The van der Waals surface area contributed by atoms with Crippen LogP contribution in [0.15, 0.2) is 53.7 Å². The molecular formula is C15H17IN3O3PS. The quantitative estimate of drug-likeness (QED) is 0.258. The lowest BCUT2D eigenvalue weighted by atomic mass is 10.3. The minimum atomic E-state index is -0.191. The highest BCUT2D eigenvalue weighted by Crippen LogP contribution is 2.26. The first kappa shape index (κ1) is 19.4. The summed E-state index contributed by atoms with van der Waals surface area (Å²) in [6.07, 6.45) is 3.52. The lowest BCUT2D eigenvalue weighted by Crippen LogP contribution is -2.32. The van der Waals surface area contributed by atoms with Crippen molar-refractivity contribution in [1.82, 2.24) is 14.8 Å². The Morgan fingerprint density at radius 1 is 1.38 bits per heavy atom. The third kappa shape index (κ3) is 6.90. The van der Waals surface area contributed by atoms with Gasteiger partial charge in [-0.25, -0.2) is 14.4 Å². The van der Waals surface area contributed by atoms with Crippen molar-refractivity contribution in [2.75, 3.05) is 13.7 Å². The fourth-order valence-electron chi connectivity index (χ4n) is 1.87. The van der Waals surface area contributed by atoms with Gasteiger partial charge in [-0.3, -0.25) is 9.78 Å².